The first kappa shape index (κ1) is 12.6. The van der Waals surface area contributed by atoms with Gasteiger partial charge in [-0.1, -0.05) is 5.16 Å². The number of hydrogen-bond donors (Lipinski definition) is 1. The third-order valence-corrected chi connectivity index (χ3v) is 3.88. The highest BCUT2D eigenvalue weighted by Crippen LogP contribution is 2.23. The minimum atomic E-state index is 0.664. The third kappa shape index (κ3) is 2.56. The van der Waals surface area contributed by atoms with Crippen molar-refractivity contribution in [3.05, 3.63) is 47.6 Å². The Morgan fingerprint density at radius 2 is 2.33 bits per heavy atom. The van der Waals surface area contributed by atoms with Gasteiger partial charge in [-0.3, -0.25) is 0 Å². The van der Waals surface area contributed by atoms with Crippen LogP contribution in [0.25, 0.3) is 11.0 Å². The Kier molecular flexibility index (Phi) is 3.00. The highest BCUT2D eigenvalue weighted by molar-refractivity contribution is 5.80. The summed E-state index contributed by atoms with van der Waals surface area (Å²) in [5, 5.41) is 8.73. The van der Waals surface area contributed by atoms with Gasteiger partial charge in [0.05, 0.1) is 12.2 Å². The molecule has 0 atom stereocenters. The quantitative estimate of drug-likeness (QED) is 0.781. The number of aromatic nitrogens is 3. The molecule has 1 aliphatic rings. The summed E-state index contributed by atoms with van der Waals surface area (Å²) >= 11 is 0. The van der Waals surface area contributed by atoms with E-state index in [9.17, 15) is 0 Å². The van der Waals surface area contributed by atoms with Gasteiger partial charge in [0.2, 0.25) is 0 Å². The average Bonchev–Trinajstić information content (AvgIpc) is 3.15. The number of pyridine rings is 1. The largest absolute Gasteiger partial charge is 0.359 e. The molecule has 5 nitrogen and oxygen atoms in total. The molecule has 0 bridgehead atoms. The van der Waals surface area contributed by atoms with E-state index < -0.39 is 0 Å². The standard InChI is InChI=1S/C16H18N4O/c1-11-7-14(21-19-11)10-20-9-12(8-18-13-4-5-13)15-3-2-6-17-16(15)20/h2-3,6-7,9,13,18H,4-5,8,10H2,1H3. The summed E-state index contributed by atoms with van der Waals surface area (Å²) in [6.07, 6.45) is 6.61. The smallest absolute Gasteiger partial charge is 0.156 e. The van der Waals surface area contributed by atoms with E-state index in [1.165, 1.54) is 23.8 Å². The van der Waals surface area contributed by atoms with Gasteiger partial charge >= 0.3 is 0 Å². The minimum absolute atomic E-state index is 0.664. The Hall–Kier alpha value is -2.14. The predicted octanol–water partition coefficient (Wildman–Crippen LogP) is 2.63. The number of hydrogen-bond acceptors (Lipinski definition) is 4. The monoisotopic (exact) mass is 282 g/mol. The van der Waals surface area contributed by atoms with Gasteiger partial charge in [0.25, 0.3) is 0 Å². The summed E-state index contributed by atoms with van der Waals surface area (Å²) in [6, 6.07) is 6.80. The first-order valence-corrected chi connectivity index (χ1v) is 7.38. The maximum absolute atomic E-state index is 5.32. The van der Waals surface area contributed by atoms with E-state index in [4.69, 9.17) is 4.52 Å². The van der Waals surface area contributed by atoms with Gasteiger partial charge in [-0.15, -0.1) is 0 Å². The summed E-state index contributed by atoms with van der Waals surface area (Å²) in [5.74, 6) is 0.858. The molecule has 0 aromatic carbocycles. The molecule has 5 heteroatoms. The van der Waals surface area contributed by atoms with E-state index in [-0.39, 0.29) is 0 Å². The molecular formula is C16H18N4O. The van der Waals surface area contributed by atoms with Crippen LogP contribution in [0.4, 0.5) is 0 Å². The first-order valence-electron chi connectivity index (χ1n) is 7.38. The second kappa shape index (κ2) is 5.00. The van der Waals surface area contributed by atoms with E-state index in [0.717, 1.165) is 23.6 Å². The summed E-state index contributed by atoms with van der Waals surface area (Å²) in [5.41, 5.74) is 3.20. The number of nitrogens with zero attached hydrogens (tertiary/aromatic N) is 3. The molecule has 21 heavy (non-hydrogen) atoms. The molecule has 3 aromatic heterocycles. The molecule has 1 N–H and O–H groups in total. The highest BCUT2D eigenvalue weighted by Gasteiger charge is 2.21. The van der Waals surface area contributed by atoms with Gasteiger partial charge in [0.15, 0.2) is 5.76 Å². The summed E-state index contributed by atoms with van der Waals surface area (Å²) in [7, 11) is 0. The molecule has 3 heterocycles. The van der Waals surface area contributed by atoms with Gasteiger partial charge in [-0.05, 0) is 37.5 Å². The van der Waals surface area contributed by atoms with Crippen molar-refractivity contribution in [3.63, 3.8) is 0 Å². The predicted molar refractivity (Wildman–Crippen MR) is 79.9 cm³/mol. The average molecular weight is 282 g/mol. The zero-order chi connectivity index (χ0) is 14.2. The number of rotatable bonds is 5. The zero-order valence-corrected chi connectivity index (χ0v) is 12.0. The number of aryl methyl sites for hydroxylation is 1. The summed E-state index contributed by atoms with van der Waals surface area (Å²) < 4.78 is 7.46. The van der Waals surface area contributed by atoms with Gasteiger partial charge < -0.3 is 14.4 Å². The molecule has 4 rings (SSSR count). The third-order valence-electron chi connectivity index (χ3n) is 3.88. The molecule has 0 unspecified atom stereocenters. The SMILES string of the molecule is Cc1cc(Cn2cc(CNC3CC3)c3cccnc32)on1. The second-order valence-corrected chi connectivity index (χ2v) is 5.75. The second-order valence-electron chi connectivity index (χ2n) is 5.75. The molecule has 0 spiro atoms. The van der Waals surface area contributed by atoms with Gasteiger partial charge in [-0.2, -0.15) is 0 Å². The van der Waals surface area contributed by atoms with Gasteiger partial charge in [0.1, 0.15) is 5.65 Å². The van der Waals surface area contributed by atoms with Crippen LogP contribution in [-0.4, -0.2) is 20.7 Å². The Morgan fingerprint density at radius 1 is 1.43 bits per heavy atom. The van der Waals surface area contributed by atoms with Crippen LogP contribution in [0.15, 0.2) is 35.1 Å². The molecule has 1 fully saturated rings. The zero-order valence-electron chi connectivity index (χ0n) is 12.0. The van der Waals surface area contributed by atoms with Gasteiger partial charge in [0, 0.05) is 36.4 Å². The highest BCUT2D eigenvalue weighted by atomic mass is 16.5. The van der Waals surface area contributed by atoms with Crippen molar-refractivity contribution in [2.75, 3.05) is 0 Å². The van der Waals surface area contributed by atoms with Crippen molar-refractivity contribution in [3.8, 4) is 0 Å². The van der Waals surface area contributed by atoms with Crippen molar-refractivity contribution in [1.29, 1.82) is 0 Å². The van der Waals surface area contributed by atoms with Crippen LogP contribution in [0.3, 0.4) is 0 Å². The normalized spacial score (nSPS) is 14.9. The Labute approximate surface area is 123 Å². The van der Waals surface area contributed by atoms with Crippen molar-refractivity contribution >= 4 is 11.0 Å². The minimum Gasteiger partial charge on any atom is -0.359 e. The lowest BCUT2D eigenvalue weighted by atomic mass is 10.2. The van der Waals surface area contributed by atoms with Crippen LogP contribution < -0.4 is 5.32 Å². The van der Waals surface area contributed by atoms with Crippen LogP contribution in [0.2, 0.25) is 0 Å². The molecule has 108 valence electrons. The maximum Gasteiger partial charge on any atom is 0.156 e. The Bertz CT molecular complexity index is 770. The van der Waals surface area contributed by atoms with Crippen molar-refractivity contribution in [1.82, 2.24) is 20.0 Å². The van der Waals surface area contributed by atoms with E-state index in [1.54, 1.807) is 0 Å². The van der Waals surface area contributed by atoms with E-state index >= 15 is 0 Å². The van der Waals surface area contributed by atoms with Crippen LogP contribution in [0.1, 0.15) is 29.9 Å². The molecule has 1 saturated carbocycles. The molecule has 0 aliphatic heterocycles. The fraction of sp³-hybridized carbons (Fsp3) is 0.375. The van der Waals surface area contributed by atoms with Gasteiger partial charge in [-0.25, -0.2) is 4.98 Å². The molecular weight excluding hydrogens is 264 g/mol. The number of fused-ring (bicyclic) bond motifs is 1. The van der Waals surface area contributed by atoms with Crippen LogP contribution in [0.5, 0.6) is 0 Å². The summed E-state index contributed by atoms with van der Waals surface area (Å²) in [6.45, 7) is 3.50. The lowest BCUT2D eigenvalue weighted by Crippen LogP contribution is -2.14. The van der Waals surface area contributed by atoms with E-state index in [1.807, 2.05) is 25.3 Å². The van der Waals surface area contributed by atoms with Crippen molar-refractivity contribution < 1.29 is 4.52 Å². The lowest BCUT2D eigenvalue weighted by Gasteiger charge is -2.00. The van der Waals surface area contributed by atoms with E-state index in [0.29, 0.717) is 12.6 Å². The molecule has 0 amide bonds. The molecule has 0 saturated heterocycles. The van der Waals surface area contributed by atoms with Crippen molar-refractivity contribution in [2.45, 2.75) is 38.9 Å². The van der Waals surface area contributed by atoms with E-state index in [2.05, 4.69) is 32.3 Å². The van der Waals surface area contributed by atoms with Crippen molar-refractivity contribution in [2.24, 2.45) is 0 Å². The maximum atomic E-state index is 5.32. The fourth-order valence-electron chi connectivity index (χ4n) is 2.66. The lowest BCUT2D eigenvalue weighted by molar-refractivity contribution is 0.374. The Balaban J connectivity index is 1.66. The summed E-state index contributed by atoms with van der Waals surface area (Å²) in [4.78, 5) is 4.52. The van der Waals surface area contributed by atoms with Crippen LogP contribution in [0, 0.1) is 6.92 Å². The first-order chi connectivity index (χ1) is 10.3. The Morgan fingerprint density at radius 3 is 3.10 bits per heavy atom. The topological polar surface area (TPSA) is 55.9 Å². The van der Waals surface area contributed by atoms with Crippen LogP contribution >= 0.6 is 0 Å². The van der Waals surface area contributed by atoms with Crippen LogP contribution in [-0.2, 0) is 13.1 Å². The number of nitrogens with one attached hydrogen (secondary N) is 1. The molecule has 0 radical (unpaired) electrons. The molecule has 3 aromatic rings. The fourth-order valence-corrected chi connectivity index (χ4v) is 2.66. The molecule has 1 aliphatic carbocycles.